The van der Waals surface area contributed by atoms with Gasteiger partial charge in [-0.05, 0) is 24.3 Å². The maximum Gasteiger partial charge on any atom is 0.335 e. The van der Waals surface area contributed by atoms with Gasteiger partial charge in [-0.15, -0.1) is 0 Å². The van der Waals surface area contributed by atoms with E-state index >= 15 is 0 Å². The minimum atomic E-state index is -1.08. The smallest absolute Gasteiger partial charge is 0.335 e. The van der Waals surface area contributed by atoms with Crippen molar-refractivity contribution in [3.63, 3.8) is 0 Å². The van der Waals surface area contributed by atoms with Crippen molar-refractivity contribution in [3.05, 3.63) is 41.6 Å². The fraction of sp³-hybridized carbons (Fsp3) is 0.200. The van der Waals surface area contributed by atoms with Gasteiger partial charge in [-0.3, -0.25) is 9.59 Å². The number of carbonyl (C=O) groups is 3. The molecule has 8 heteroatoms. The first-order valence-electron chi connectivity index (χ1n) is 6.63. The fourth-order valence-corrected chi connectivity index (χ4v) is 1.64. The molecule has 1 aromatic carbocycles. The number of hydrogen-bond acceptors (Lipinski definition) is 5. The second kappa shape index (κ2) is 8.31. The minimum absolute atomic E-state index is 0.0738. The molecule has 0 spiro atoms. The number of carboxylic acid groups (broad SMARTS) is 1. The van der Waals surface area contributed by atoms with Crippen molar-refractivity contribution in [2.45, 2.75) is 6.92 Å². The number of nitriles is 1. The lowest BCUT2D eigenvalue weighted by molar-refractivity contribution is -0.126. The van der Waals surface area contributed by atoms with Crippen LogP contribution >= 0.6 is 0 Å². The van der Waals surface area contributed by atoms with E-state index in [2.05, 4.69) is 5.32 Å². The number of amides is 2. The maximum absolute atomic E-state index is 12.0. The summed E-state index contributed by atoms with van der Waals surface area (Å²) in [7, 11) is 0. The quantitative estimate of drug-likeness (QED) is 0.517. The Morgan fingerprint density at radius 2 is 1.96 bits per heavy atom. The van der Waals surface area contributed by atoms with Gasteiger partial charge in [0.2, 0.25) is 5.91 Å². The first-order chi connectivity index (χ1) is 10.9. The summed E-state index contributed by atoms with van der Waals surface area (Å²) in [5, 5.41) is 20.3. The van der Waals surface area contributed by atoms with Crippen molar-refractivity contribution in [1.29, 1.82) is 5.26 Å². The number of anilines is 1. The zero-order chi connectivity index (χ0) is 17.4. The van der Waals surface area contributed by atoms with Crippen molar-refractivity contribution in [2.24, 2.45) is 5.73 Å². The highest BCUT2D eigenvalue weighted by Gasteiger charge is 2.13. The maximum atomic E-state index is 12.0. The molecule has 0 aliphatic carbocycles. The van der Waals surface area contributed by atoms with E-state index < -0.39 is 11.9 Å². The molecule has 8 nitrogen and oxygen atoms in total. The molecule has 0 saturated carbocycles. The average Bonchev–Trinajstić information content (AvgIpc) is 2.51. The summed E-state index contributed by atoms with van der Waals surface area (Å²) in [4.78, 5) is 35.4. The molecule has 0 heterocycles. The molecule has 23 heavy (non-hydrogen) atoms. The molecule has 120 valence electrons. The van der Waals surface area contributed by atoms with Gasteiger partial charge in [0, 0.05) is 31.9 Å². The third-order valence-corrected chi connectivity index (χ3v) is 2.81. The summed E-state index contributed by atoms with van der Waals surface area (Å²) in [5.74, 6) is -2.14. The summed E-state index contributed by atoms with van der Waals surface area (Å²) < 4.78 is 0. The van der Waals surface area contributed by atoms with E-state index in [0.29, 0.717) is 5.69 Å². The van der Waals surface area contributed by atoms with Crippen LogP contribution < -0.4 is 11.1 Å². The number of nitrogens with one attached hydrogen (secondary N) is 1. The first-order valence-corrected chi connectivity index (χ1v) is 6.63. The predicted molar refractivity (Wildman–Crippen MR) is 82.2 cm³/mol. The molecule has 0 aliphatic heterocycles. The molecular formula is C15H16N4O4. The number of aromatic carboxylic acids is 1. The number of nitrogens with zero attached hydrogens (tertiary/aromatic N) is 2. The van der Waals surface area contributed by atoms with Gasteiger partial charge in [0.25, 0.3) is 5.91 Å². The van der Waals surface area contributed by atoms with Gasteiger partial charge in [-0.1, -0.05) is 0 Å². The molecule has 0 fully saturated rings. The van der Waals surface area contributed by atoms with Crippen LogP contribution in [-0.4, -0.2) is 40.9 Å². The molecule has 1 rings (SSSR count). The molecule has 2 amide bonds. The monoisotopic (exact) mass is 316 g/mol. The molecule has 0 aliphatic rings. The highest BCUT2D eigenvalue weighted by molar-refractivity contribution is 6.06. The van der Waals surface area contributed by atoms with Gasteiger partial charge in [-0.25, -0.2) is 4.79 Å². The Labute approximate surface area is 132 Å². The average molecular weight is 316 g/mol. The van der Waals surface area contributed by atoms with Crippen LogP contribution in [0.3, 0.4) is 0 Å². The Hall–Kier alpha value is -3.18. The lowest BCUT2D eigenvalue weighted by Gasteiger charge is -2.15. The van der Waals surface area contributed by atoms with E-state index in [1.165, 1.54) is 36.1 Å². The molecule has 0 atom stereocenters. The SMILES string of the molecule is CC(=O)N(/C=C(/C#N)C(=O)Nc1ccc(C(=O)O)cc1)CCN. The Morgan fingerprint density at radius 3 is 2.39 bits per heavy atom. The van der Waals surface area contributed by atoms with Crippen molar-refractivity contribution in [2.75, 3.05) is 18.4 Å². The highest BCUT2D eigenvalue weighted by atomic mass is 16.4. The van der Waals surface area contributed by atoms with Crippen LogP contribution in [0.2, 0.25) is 0 Å². The van der Waals surface area contributed by atoms with Crippen molar-refractivity contribution >= 4 is 23.5 Å². The Kier molecular flexibility index (Phi) is 6.46. The zero-order valence-corrected chi connectivity index (χ0v) is 12.4. The number of nitrogens with two attached hydrogens (primary N) is 1. The normalized spacial score (nSPS) is 10.6. The minimum Gasteiger partial charge on any atom is -0.478 e. The van der Waals surface area contributed by atoms with E-state index in [1.807, 2.05) is 0 Å². The standard InChI is InChI=1S/C15H16N4O4/c1-10(20)19(7-6-16)9-12(8-17)14(21)18-13-4-2-11(3-5-13)15(22)23/h2-5,9H,6-7,16H2,1H3,(H,18,21)(H,22,23)/b12-9-. The molecule has 0 aromatic heterocycles. The second-order valence-corrected chi connectivity index (χ2v) is 4.49. The van der Waals surface area contributed by atoms with E-state index in [1.54, 1.807) is 6.07 Å². The predicted octanol–water partition coefficient (Wildman–Crippen LogP) is 0.538. The summed E-state index contributed by atoms with van der Waals surface area (Å²) in [6.07, 6.45) is 1.14. The van der Waals surface area contributed by atoms with Crippen molar-refractivity contribution in [1.82, 2.24) is 4.90 Å². The van der Waals surface area contributed by atoms with Crippen LogP contribution in [0.25, 0.3) is 0 Å². The molecule has 0 unspecified atom stereocenters. The van der Waals surface area contributed by atoms with Crippen LogP contribution in [0.4, 0.5) is 5.69 Å². The van der Waals surface area contributed by atoms with E-state index in [9.17, 15) is 14.4 Å². The van der Waals surface area contributed by atoms with Crippen LogP contribution in [0.15, 0.2) is 36.0 Å². The highest BCUT2D eigenvalue weighted by Crippen LogP contribution is 2.11. The Morgan fingerprint density at radius 1 is 1.35 bits per heavy atom. The van der Waals surface area contributed by atoms with Gasteiger partial charge in [-0.2, -0.15) is 5.26 Å². The van der Waals surface area contributed by atoms with Crippen molar-refractivity contribution < 1.29 is 19.5 Å². The zero-order valence-electron chi connectivity index (χ0n) is 12.4. The van der Waals surface area contributed by atoms with Gasteiger partial charge in [0.15, 0.2) is 0 Å². The Balaban J connectivity index is 2.90. The third kappa shape index (κ3) is 5.26. The van der Waals surface area contributed by atoms with Gasteiger partial charge in [0.05, 0.1) is 5.56 Å². The number of carbonyl (C=O) groups excluding carboxylic acids is 2. The van der Waals surface area contributed by atoms with E-state index in [4.69, 9.17) is 16.1 Å². The fourth-order valence-electron chi connectivity index (χ4n) is 1.64. The second-order valence-electron chi connectivity index (χ2n) is 4.49. The number of rotatable bonds is 6. The van der Waals surface area contributed by atoms with Crippen LogP contribution in [0.1, 0.15) is 17.3 Å². The van der Waals surface area contributed by atoms with Gasteiger partial charge in [0.1, 0.15) is 11.6 Å². The summed E-state index contributed by atoms with van der Waals surface area (Å²) in [6, 6.07) is 7.17. The van der Waals surface area contributed by atoms with Crippen LogP contribution in [0, 0.1) is 11.3 Å². The van der Waals surface area contributed by atoms with E-state index in [0.717, 1.165) is 6.20 Å². The summed E-state index contributed by atoms with van der Waals surface area (Å²) >= 11 is 0. The number of benzene rings is 1. The summed E-state index contributed by atoms with van der Waals surface area (Å²) in [6.45, 7) is 1.66. The molecule has 0 saturated heterocycles. The number of hydrogen-bond donors (Lipinski definition) is 3. The molecular weight excluding hydrogens is 300 g/mol. The van der Waals surface area contributed by atoms with E-state index in [-0.39, 0.29) is 30.1 Å². The molecule has 0 bridgehead atoms. The molecule has 0 radical (unpaired) electrons. The first kappa shape index (κ1) is 17.9. The lowest BCUT2D eigenvalue weighted by atomic mass is 10.2. The molecule has 1 aromatic rings. The van der Waals surface area contributed by atoms with Gasteiger partial charge >= 0.3 is 5.97 Å². The van der Waals surface area contributed by atoms with Gasteiger partial charge < -0.3 is 21.1 Å². The topological polar surface area (TPSA) is 137 Å². The largest absolute Gasteiger partial charge is 0.478 e. The number of carboxylic acids is 1. The van der Waals surface area contributed by atoms with Crippen molar-refractivity contribution in [3.8, 4) is 6.07 Å². The van der Waals surface area contributed by atoms with Crippen LogP contribution in [-0.2, 0) is 9.59 Å². The third-order valence-electron chi connectivity index (χ3n) is 2.81. The van der Waals surface area contributed by atoms with Crippen LogP contribution in [0.5, 0.6) is 0 Å². The molecule has 4 N–H and O–H groups in total. The lowest BCUT2D eigenvalue weighted by Crippen LogP contribution is -2.30. The Bertz CT molecular complexity index is 674. The summed E-state index contributed by atoms with van der Waals surface area (Å²) in [5.41, 5.74) is 5.50.